The van der Waals surface area contributed by atoms with Crippen LogP contribution in [-0.4, -0.2) is 43.9 Å². The number of carbonyl (C=O) groups excluding carboxylic acids is 1. The minimum absolute atomic E-state index is 0.0272. The number of benzene rings is 2. The van der Waals surface area contributed by atoms with Crippen LogP contribution in [0.1, 0.15) is 10.9 Å². The molecule has 5 nitrogen and oxygen atoms in total. The summed E-state index contributed by atoms with van der Waals surface area (Å²) in [5.41, 5.74) is 0.992. The molecule has 132 valence electrons. The number of amides is 1. The molecule has 3 rings (SSSR count). The van der Waals surface area contributed by atoms with Gasteiger partial charge in [0.05, 0.1) is 14.2 Å². The number of thioether (sulfide) groups is 1. The smallest absolute Gasteiger partial charge is 0.261 e. The van der Waals surface area contributed by atoms with E-state index in [9.17, 15) is 4.79 Å². The van der Waals surface area contributed by atoms with E-state index in [1.807, 2.05) is 53.4 Å². The largest absolute Gasteiger partial charge is 0.497 e. The summed E-state index contributed by atoms with van der Waals surface area (Å²) in [6, 6.07) is 15.1. The van der Waals surface area contributed by atoms with Gasteiger partial charge in [-0.3, -0.25) is 4.79 Å². The molecule has 2 aromatic carbocycles. The lowest BCUT2D eigenvalue weighted by molar-refractivity contribution is -0.133. The van der Waals surface area contributed by atoms with Gasteiger partial charge in [0, 0.05) is 18.4 Å². The lowest BCUT2D eigenvalue weighted by Crippen LogP contribution is -2.34. The van der Waals surface area contributed by atoms with Gasteiger partial charge in [-0.25, -0.2) is 0 Å². The third-order valence-electron chi connectivity index (χ3n) is 3.98. The molecule has 2 aromatic rings. The maximum atomic E-state index is 12.6. The highest BCUT2D eigenvalue weighted by molar-refractivity contribution is 7.99. The maximum Gasteiger partial charge on any atom is 0.261 e. The van der Waals surface area contributed by atoms with Gasteiger partial charge in [-0.2, -0.15) is 0 Å². The Hall–Kier alpha value is -2.34. The van der Waals surface area contributed by atoms with E-state index in [4.69, 9.17) is 14.2 Å². The summed E-state index contributed by atoms with van der Waals surface area (Å²) >= 11 is 1.73. The number of para-hydroxylation sites is 1. The molecule has 1 amide bonds. The van der Waals surface area contributed by atoms with Gasteiger partial charge in [0.25, 0.3) is 5.91 Å². The number of carbonyl (C=O) groups is 1. The molecular weight excluding hydrogens is 338 g/mol. The third-order valence-corrected chi connectivity index (χ3v) is 5.24. The highest BCUT2D eigenvalue weighted by Crippen LogP contribution is 2.40. The van der Waals surface area contributed by atoms with Crippen molar-refractivity contribution in [2.75, 3.05) is 33.1 Å². The summed E-state index contributed by atoms with van der Waals surface area (Å²) in [6.07, 6.45) is 0. The predicted octanol–water partition coefficient (Wildman–Crippen LogP) is 3.36. The first-order valence-corrected chi connectivity index (χ1v) is 9.08. The predicted molar refractivity (Wildman–Crippen MR) is 98.4 cm³/mol. The molecule has 1 heterocycles. The van der Waals surface area contributed by atoms with E-state index in [-0.39, 0.29) is 17.9 Å². The van der Waals surface area contributed by atoms with Crippen LogP contribution in [0.25, 0.3) is 0 Å². The van der Waals surface area contributed by atoms with Crippen LogP contribution < -0.4 is 14.2 Å². The average Bonchev–Trinajstić information content (AvgIpc) is 3.16. The van der Waals surface area contributed by atoms with E-state index >= 15 is 0 Å². The van der Waals surface area contributed by atoms with Crippen LogP contribution in [0.15, 0.2) is 48.5 Å². The van der Waals surface area contributed by atoms with Crippen molar-refractivity contribution in [1.82, 2.24) is 4.90 Å². The van der Waals surface area contributed by atoms with Crippen LogP contribution in [0.5, 0.6) is 17.2 Å². The molecule has 1 atom stereocenters. The molecule has 0 aliphatic carbocycles. The molecule has 0 aromatic heterocycles. The highest BCUT2D eigenvalue weighted by Gasteiger charge is 2.31. The number of ether oxygens (including phenoxy) is 3. The fraction of sp³-hybridized carbons (Fsp3) is 0.316. The molecule has 1 aliphatic rings. The quantitative estimate of drug-likeness (QED) is 0.792. The Morgan fingerprint density at radius 2 is 1.76 bits per heavy atom. The molecule has 0 radical (unpaired) electrons. The summed E-state index contributed by atoms with van der Waals surface area (Å²) in [7, 11) is 3.24. The number of methoxy groups -OCH3 is 2. The summed E-state index contributed by atoms with van der Waals surface area (Å²) in [4.78, 5) is 14.5. The van der Waals surface area contributed by atoms with Crippen molar-refractivity contribution in [2.45, 2.75) is 5.37 Å². The molecule has 0 saturated carbocycles. The standard InChI is InChI=1S/C19H21NO4S/c1-22-16-10-14(11-17(12-16)23-2)19-20(8-9-25-19)18(21)13-24-15-6-4-3-5-7-15/h3-7,10-12,19H,8-9,13H2,1-2H3/t19-/m0/s1. The number of hydrogen-bond acceptors (Lipinski definition) is 5. The van der Waals surface area contributed by atoms with E-state index in [0.29, 0.717) is 12.3 Å². The van der Waals surface area contributed by atoms with Crippen LogP contribution in [0.4, 0.5) is 0 Å². The van der Waals surface area contributed by atoms with Crippen molar-refractivity contribution >= 4 is 17.7 Å². The summed E-state index contributed by atoms with van der Waals surface area (Å²) in [6.45, 7) is 0.730. The van der Waals surface area contributed by atoms with Crippen molar-refractivity contribution < 1.29 is 19.0 Å². The molecule has 0 spiro atoms. The Morgan fingerprint density at radius 3 is 2.40 bits per heavy atom. The van der Waals surface area contributed by atoms with Crippen molar-refractivity contribution in [3.63, 3.8) is 0 Å². The topological polar surface area (TPSA) is 48.0 Å². The lowest BCUT2D eigenvalue weighted by Gasteiger charge is -2.25. The second kappa shape index (κ2) is 8.16. The van der Waals surface area contributed by atoms with Crippen LogP contribution in [0.2, 0.25) is 0 Å². The molecule has 0 unspecified atom stereocenters. The fourth-order valence-electron chi connectivity index (χ4n) is 2.72. The van der Waals surface area contributed by atoms with Crippen molar-refractivity contribution in [2.24, 2.45) is 0 Å². The van der Waals surface area contributed by atoms with Crippen LogP contribution in [0.3, 0.4) is 0 Å². The van der Waals surface area contributed by atoms with E-state index in [1.54, 1.807) is 26.0 Å². The lowest BCUT2D eigenvalue weighted by atomic mass is 10.1. The molecule has 0 bridgehead atoms. The average molecular weight is 359 g/mol. The molecule has 1 fully saturated rings. The Balaban J connectivity index is 1.72. The Bertz CT molecular complexity index is 700. The van der Waals surface area contributed by atoms with E-state index < -0.39 is 0 Å². The summed E-state index contributed by atoms with van der Waals surface area (Å²) in [5, 5.41) is -0.0594. The van der Waals surface area contributed by atoms with E-state index in [0.717, 1.165) is 22.8 Å². The van der Waals surface area contributed by atoms with Gasteiger partial charge in [0.1, 0.15) is 22.6 Å². The highest BCUT2D eigenvalue weighted by atomic mass is 32.2. The Morgan fingerprint density at radius 1 is 1.08 bits per heavy atom. The zero-order valence-electron chi connectivity index (χ0n) is 14.3. The second-order valence-electron chi connectivity index (χ2n) is 5.56. The zero-order chi connectivity index (χ0) is 17.6. The minimum Gasteiger partial charge on any atom is -0.497 e. The minimum atomic E-state index is -0.0594. The Labute approximate surface area is 151 Å². The van der Waals surface area contributed by atoms with Gasteiger partial charge < -0.3 is 19.1 Å². The SMILES string of the molecule is COc1cc(OC)cc([C@@H]2SCCN2C(=O)COc2ccccc2)c1. The van der Waals surface area contributed by atoms with Gasteiger partial charge in [-0.1, -0.05) is 18.2 Å². The van der Waals surface area contributed by atoms with Crippen molar-refractivity contribution in [3.05, 3.63) is 54.1 Å². The number of nitrogens with zero attached hydrogens (tertiary/aromatic N) is 1. The van der Waals surface area contributed by atoms with Gasteiger partial charge in [-0.15, -0.1) is 11.8 Å². The first-order valence-electron chi connectivity index (χ1n) is 8.03. The molecular formula is C19H21NO4S. The number of hydrogen-bond donors (Lipinski definition) is 0. The summed E-state index contributed by atoms with van der Waals surface area (Å²) < 4.78 is 16.3. The normalized spacial score (nSPS) is 16.6. The van der Waals surface area contributed by atoms with Gasteiger partial charge in [-0.05, 0) is 29.8 Å². The molecule has 1 saturated heterocycles. The van der Waals surface area contributed by atoms with E-state index in [2.05, 4.69) is 0 Å². The van der Waals surface area contributed by atoms with Crippen molar-refractivity contribution in [1.29, 1.82) is 0 Å². The Kier molecular flexibility index (Phi) is 5.71. The van der Waals surface area contributed by atoms with Gasteiger partial charge in [0.2, 0.25) is 0 Å². The number of rotatable bonds is 6. The third kappa shape index (κ3) is 4.20. The zero-order valence-corrected chi connectivity index (χ0v) is 15.1. The van der Waals surface area contributed by atoms with E-state index in [1.165, 1.54) is 0 Å². The molecule has 0 N–H and O–H groups in total. The molecule has 6 heteroatoms. The molecule has 25 heavy (non-hydrogen) atoms. The second-order valence-corrected chi connectivity index (χ2v) is 6.75. The van der Waals surface area contributed by atoms with Crippen molar-refractivity contribution in [3.8, 4) is 17.2 Å². The van der Waals surface area contributed by atoms with Crippen LogP contribution in [0, 0.1) is 0 Å². The monoisotopic (exact) mass is 359 g/mol. The maximum absolute atomic E-state index is 12.6. The van der Waals surface area contributed by atoms with Gasteiger partial charge in [0.15, 0.2) is 6.61 Å². The van der Waals surface area contributed by atoms with Crippen LogP contribution in [-0.2, 0) is 4.79 Å². The first-order chi connectivity index (χ1) is 12.2. The van der Waals surface area contributed by atoms with Crippen LogP contribution >= 0.6 is 11.8 Å². The first kappa shape index (κ1) is 17.5. The summed E-state index contributed by atoms with van der Waals surface area (Å²) in [5.74, 6) is 2.99. The fourth-order valence-corrected chi connectivity index (χ4v) is 3.98. The molecule has 1 aliphatic heterocycles. The van der Waals surface area contributed by atoms with Gasteiger partial charge >= 0.3 is 0 Å².